The molecule has 76 valence electrons. The van der Waals surface area contributed by atoms with E-state index in [1.807, 2.05) is 13.1 Å². The maximum atomic E-state index is 5.91. The van der Waals surface area contributed by atoms with Crippen LogP contribution in [0.4, 0.5) is 0 Å². The summed E-state index contributed by atoms with van der Waals surface area (Å²) in [6, 6.07) is 0. The van der Waals surface area contributed by atoms with Crippen LogP contribution in [0.1, 0.15) is 36.9 Å². The van der Waals surface area contributed by atoms with Crippen molar-refractivity contribution in [2.75, 3.05) is 6.54 Å². The highest BCUT2D eigenvalue weighted by molar-refractivity contribution is 5.27. The minimum Gasteiger partial charge on any atom is -0.330 e. The van der Waals surface area contributed by atoms with E-state index < -0.39 is 0 Å². The van der Waals surface area contributed by atoms with E-state index in [9.17, 15) is 0 Å². The van der Waals surface area contributed by atoms with Gasteiger partial charge >= 0.3 is 0 Å². The standard InChI is InChI=1S/C11H17N3/c1-9-10(6-13-8-14-9)11(7-12)4-2-3-5-11/h6,8H,2-5,7,12H2,1H3. The van der Waals surface area contributed by atoms with Gasteiger partial charge in [-0.25, -0.2) is 9.97 Å². The maximum Gasteiger partial charge on any atom is 0.115 e. The molecule has 0 atom stereocenters. The van der Waals surface area contributed by atoms with Crippen LogP contribution >= 0.6 is 0 Å². The van der Waals surface area contributed by atoms with Crippen LogP contribution in [0.2, 0.25) is 0 Å². The molecule has 0 unspecified atom stereocenters. The Bertz CT molecular complexity index is 316. The second-order valence-corrected chi connectivity index (χ2v) is 4.21. The summed E-state index contributed by atoms with van der Waals surface area (Å²) in [5.74, 6) is 0. The molecule has 3 nitrogen and oxygen atoms in total. The molecule has 0 radical (unpaired) electrons. The lowest BCUT2D eigenvalue weighted by Crippen LogP contribution is -2.33. The van der Waals surface area contributed by atoms with E-state index in [1.165, 1.54) is 31.2 Å². The number of aromatic nitrogens is 2. The fraction of sp³-hybridized carbons (Fsp3) is 0.636. The molecule has 0 aromatic carbocycles. The van der Waals surface area contributed by atoms with Crippen molar-refractivity contribution in [1.29, 1.82) is 0 Å². The molecule has 2 N–H and O–H groups in total. The highest BCUT2D eigenvalue weighted by atomic mass is 14.8. The van der Waals surface area contributed by atoms with Gasteiger partial charge in [-0.3, -0.25) is 0 Å². The van der Waals surface area contributed by atoms with Gasteiger partial charge in [0, 0.05) is 23.9 Å². The van der Waals surface area contributed by atoms with Gasteiger partial charge in [-0.15, -0.1) is 0 Å². The molecule has 0 bridgehead atoms. The molecule has 14 heavy (non-hydrogen) atoms. The van der Waals surface area contributed by atoms with Gasteiger partial charge in [0.25, 0.3) is 0 Å². The Morgan fingerprint density at radius 3 is 2.71 bits per heavy atom. The first-order chi connectivity index (χ1) is 6.78. The number of nitrogens with two attached hydrogens (primary N) is 1. The number of nitrogens with zero attached hydrogens (tertiary/aromatic N) is 2. The summed E-state index contributed by atoms with van der Waals surface area (Å²) in [6.45, 7) is 2.77. The molecule has 1 aromatic rings. The van der Waals surface area contributed by atoms with Crippen LogP contribution in [0.15, 0.2) is 12.5 Å². The molecule has 0 aliphatic heterocycles. The van der Waals surface area contributed by atoms with Crippen LogP contribution in [-0.4, -0.2) is 16.5 Å². The quantitative estimate of drug-likeness (QED) is 0.771. The first-order valence-electron chi connectivity index (χ1n) is 5.26. The van der Waals surface area contributed by atoms with Crippen LogP contribution in [0, 0.1) is 6.92 Å². The molecular weight excluding hydrogens is 174 g/mol. The minimum atomic E-state index is 0.172. The van der Waals surface area contributed by atoms with Crippen LogP contribution in [0.25, 0.3) is 0 Å². The smallest absolute Gasteiger partial charge is 0.115 e. The molecule has 1 fully saturated rings. The molecule has 0 amide bonds. The summed E-state index contributed by atoms with van der Waals surface area (Å²) < 4.78 is 0. The van der Waals surface area contributed by atoms with E-state index in [0.717, 1.165) is 12.2 Å². The van der Waals surface area contributed by atoms with Crippen molar-refractivity contribution in [2.45, 2.75) is 38.0 Å². The zero-order chi connectivity index (χ0) is 10.0. The van der Waals surface area contributed by atoms with Crippen molar-refractivity contribution in [3.63, 3.8) is 0 Å². The van der Waals surface area contributed by atoms with Crippen molar-refractivity contribution in [3.05, 3.63) is 23.8 Å². The molecule has 0 spiro atoms. The van der Waals surface area contributed by atoms with Gasteiger partial charge in [0.05, 0.1) is 0 Å². The van der Waals surface area contributed by atoms with Gasteiger partial charge in [0.15, 0.2) is 0 Å². The Kier molecular flexibility index (Phi) is 2.50. The Labute approximate surface area is 84.8 Å². The van der Waals surface area contributed by atoms with Crippen LogP contribution < -0.4 is 5.73 Å². The van der Waals surface area contributed by atoms with Crippen molar-refractivity contribution >= 4 is 0 Å². The number of aryl methyl sites for hydroxylation is 1. The molecule has 1 saturated carbocycles. The summed E-state index contributed by atoms with van der Waals surface area (Å²) in [5.41, 5.74) is 8.44. The summed E-state index contributed by atoms with van der Waals surface area (Å²) in [5, 5.41) is 0. The fourth-order valence-electron chi connectivity index (χ4n) is 2.55. The van der Waals surface area contributed by atoms with Gasteiger partial charge in [0.1, 0.15) is 6.33 Å². The fourth-order valence-corrected chi connectivity index (χ4v) is 2.55. The predicted octanol–water partition coefficient (Wildman–Crippen LogP) is 1.56. The van der Waals surface area contributed by atoms with Crippen LogP contribution in [0.5, 0.6) is 0 Å². The predicted molar refractivity (Wildman–Crippen MR) is 56.0 cm³/mol. The molecule has 3 heteroatoms. The van der Waals surface area contributed by atoms with E-state index in [1.54, 1.807) is 6.33 Å². The normalized spacial score (nSPS) is 19.9. The molecule has 0 saturated heterocycles. The Hall–Kier alpha value is -0.960. The Morgan fingerprint density at radius 2 is 2.14 bits per heavy atom. The van der Waals surface area contributed by atoms with Gasteiger partial charge in [0.2, 0.25) is 0 Å². The van der Waals surface area contributed by atoms with Crippen molar-refractivity contribution in [3.8, 4) is 0 Å². The van der Waals surface area contributed by atoms with E-state index in [0.29, 0.717) is 0 Å². The number of hydrogen-bond acceptors (Lipinski definition) is 3. The van der Waals surface area contributed by atoms with E-state index in [2.05, 4.69) is 9.97 Å². The monoisotopic (exact) mass is 191 g/mol. The largest absolute Gasteiger partial charge is 0.330 e. The van der Waals surface area contributed by atoms with Gasteiger partial charge in [-0.05, 0) is 25.3 Å². The number of rotatable bonds is 2. The Morgan fingerprint density at radius 1 is 1.43 bits per heavy atom. The lowest BCUT2D eigenvalue weighted by Gasteiger charge is -2.28. The van der Waals surface area contributed by atoms with Crippen LogP contribution in [0.3, 0.4) is 0 Å². The van der Waals surface area contributed by atoms with Crippen molar-refractivity contribution in [2.24, 2.45) is 5.73 Å². The molecule has 2 rings (SSSR count). The maximum absolute atomic E-state index is 5.91. The van der Waals surface area contributed by atoms with Crippen molar-refractivity contribution < 1.29 is 0 Å². The Balaban J connectivity index is 2.41. The molecular formula is C11H17N3. The van der Waals surface area contributed by atoms with Gasteiger partial charge in [-0.2, -0.15) is 0 Å². The minimum absolute atomic E-state index is 0.172. The summed E-state index contributed by atoms with van der Waals surface area (Å²) in [7, 11) is 0. The zero-order valence-electron chi connectivity index (χ0n) is 8.66. The number of hydrogen-bond donors (Lipinski definition) is 1. The summed E-state index contributed by atoms with van der Waals surface area (Å²) >= 11 is 0. The first-order valence-corrected chi connectivity index (χ1v) is 5.26. The van der Waals surface area contributed by atoms with Crippen LogP contribution in [-0.2, 0) is 5.41 Å². The second kappa shape index (κ2) is 3.65. The first kappa shape index (κ1) is 9.59. The molecule has 1 heterocycles. The average molecular weight is 191 g/mol. The molecule has 1 aliphatic carbocycles. The van der Waals surface area contributed by atoms with E-state index in [-0.39, 0.29) is 5.41 Å². The second-order valence-electron chi connectivity index (χ2n) is 4.21. The lowest BCUT2D eigenvalue weighted by atomic mass is 9.79. The highest BCUT2D eigenvalue weighted by Gasteiger charge is 2.35. The topological polar surface area (TPSA) is 51.8 Å². The molecule has 1 aromatic heterocycles. The van der Waals surface area contributed by atoms with E-state index >= 15 is 0 Å². The zero-order valence-corrected chi connectivity index (χ0v) is 8.66. The van der Waals surface area contributed by atoms with E-state index in [4.69, 9.17) is 5.73 Å². The van der Waals surface area contributed by atoms with Gasteiger partial charge in [-0.1, -0.05) is 12.8 Å². The highest BCUT2D eigenvalue weighted by Crippen LogP contribution is 2.40. The van der Waals surface area contributed by atoms with Crippen molar-refractivity contribution in [1.82, 2.24) is 9.97 Å². The third-order valence-corrected chi connectivity index (χ3v) is 3.43. The lowest BCUT2D eigenvalue weighted by molar-refractivity contribution is 0.446. The molecule has 1 aliphatic rings. The average Bonchev–Trinajstić information content (AvgIpc) is 2.68. The third kappa shape index (κ3) is 1.42. The summed E-state index contributed by atoms with van der Waals surface area (Å²) in [6.07, 6.45) is 8.50. The summed E-state index contributed by atoms with van der Waals surface area (Å²) in [4.78, 5) is 8.37. The third-order valence-electron chi connectivity index (χ3n) is 3.43. The SMILES string of the molecule is Cc1ncncc1C1(CN)CCCC1. The van der Waals surface area contributed by atoms with Gasteiger partial charge < -0.3 is 5.73 Å².